The van der Waals surface area contributed by atoms with Crippen molar-refractivity contribution < 1.29 is 13.6 Å². The van der Waals surface area contributed by atoms with Crippen molar-refractivity contribution in [2.24, 2.45) is 0 Å². The van der Waals surface area contributed by atoms with Crippen molar-refractivity contribution in [3.8, 4) is 0 Å². The summed E-state index contributed by atoms with van der Waals surface area (Å²) in [6, 6.07) is 3.23. The molecule has 1 saturated heterocycles. The van der Waals surface area contributed by atoms with E-state index in [1.165, 1.54) is 6.07 Å². The van der Waals surface area contributed by atoms with Crippen LogP contribution in [0.5, 0.6) is 0 Å². The Hall–Kier alpha value is -2.50. The third-order valence-electron chi connectivity index (χ3n) is 5.90. The summed E-state index contributed by atoms with van der Waals surface area (Å²) in [5.74, 6) is -0.103. The van der Waals surface area contributed by atoms with Gasteiger partial charge in [-0.2, -0.15) is 0 Å². The number of carbonyl (C=O) groups excluding carboxylic acids is 1. The minimum atomic E-state index is -0.424. The van der Waals surface area contributed by atoms with Crippen molar-refractivity contribution in [3.05, 3.63) is 59.5 Å². The molecule has 2 atom stereocenters. The molecule has 0 N–H and O–H groups in total. The highest BCUT2D eigenvalue weighted by Gasteiger charge is 2.30. The van der Waals surface area contributed by atoms with Crippen LogP contribution in [0.2, 0.25) is 0 Å². The van der Waals surface area contributed by atoms with Crippen LogP contribution in [-0.4, -0.2) is 64.1 Å². The van der Waals surface area contributed by atoms with Gasteiger partial charge in [0.25, 0.3) is 5.91 Å². The van der Waals surface area contributed by atoms with Gasteiger partial charge in [-0.05, 0) is 35.6 Å². The number of allylic oxidation sites excluding steroid dienone is 1. The number of amides is 1. The second-order valence-electron chi connectivity index (χ2n) is 7.76. The summed E-state index contributed by atoms with van der Waals surface area (Å²) < 4.78 is 20.0. The van der Waals surface area contributed by atoms with Gasteiger partial charge >= 0.3 is 0 Å². The Morgan fingerprint density at radius 3 is 2.83 bits per heavy atom. The summed E-state index contributed by atoms with van der Waals surface area (Å²) in [5, 5.41) is 0.842. The van der Waals surface area contributed by atoms with E-state index in [1.807, 2.05) is 6.20 Å². The van der Waals surface area contributed by atoms with Gasteiger partial charge in [-0.3, -0.25) is 4.79 Å². The van der Waals surface area contributed by atoms with Gasteiger partial charge < -0.3 is 19.1 Å². The predicted octanol–water partition coefficient (Wildman–Crippen LogP) is 3.51. The number of hydrogen-bond donors (Lipinski definition) is 0. The SMILES string of the molecule is CCN1CCN(C2=CN3C(=O)C=C(c4cc(F)c5nc(C)oc5c4)PC3C=C2)CC1. The number of aromatic nitrogens is 1. The highest BCUT2D eigenvalue weighted by atomic mass is 31.1. The Morgan fingerprint density at radius 2 is 2.07 bits per heavy atom. The number of halogens is 1. The maximum Gasteiger partial charge on any atom is 0.252 e. The summed E-state index contributed by atoms with van der Waals surface area (Å²) in [4.78, 5) is 23.6. The van der Waals surface area contributed by atoms with Crippen LogP contribution in [0.25, 0.3) is 16.4 Å². The zero-order chi connectivity index (χ0) is 20.8. The van der Waals surface area contributed by atoms with Crippen molar-refractivity contribution in [2.45, 2.75) is 19.6 Å². The number of piperazine rings is 1. The van der Waals surface area contributed by atoms with Crippen LogP contribution >= 0.6 is 8.58 Å². The standard InChI is InChI=1S/C22H24FN4O2P/c1-3-25-6-8-26(9-7-25)16-4-5-21-27(13-16)20(28)12-19(30-21)15-10-17(23)22-18(11-15)29-14(2)24-22/h4-5,10-13,21,30H,3,6-9H2,1-2H3. The molecule has 0 radical (unpaired) electrons. The van der Waals surface area contributed by atoms with Crippen molar-refractivity contribution in [2.75, 3.05) is 32.7 Å². The van der Waals surface area contributed by atoms with Crippen LogP contribution in [0.1, 0.15) is 18.4 Å². The molecule has 0 spiro atoms. The fourth-order valence-corrected chi connectivity index (χ4v) is 5.57. The highest BCUT2D eigenvalue weighted by Crippen LogP contribution is 2.45. The van der Waals surface area contributed by atoms with E-state index in [2.05, 4.69) is 33.9 Å². The van der Waals surface area contributed by atoms with E-state index < -0.39 is 5.82 Å². The van der Waals surface area contributed by atoms with Crippen LogP contribution in [-0.2, 0) is 4.79 Å². The molecule has 8 heteroatoms. The zero-order valence-corrected chi connectivity index (χ0v) is 18.1. The monoisotopic (exact) mass is 426 g/mol. The maximum absolute atomic E-state index is 14.5. The molecule has 1 fully saturated rings. The molecule has 5 rings (SSSR count). The lowest BCUT2D eigenvalue weighted by Crippen LogP contribution is -2.46. The third-order valence-corrected chi connectivity index (χ3v) is 7.41. The lowest BCUT2D eigenvalue weighted by molar-refractivity contribution is -0.123. The average Bonchev–Trinajstić information content (AvgIpc) is 3.14. The highest BCUT2D eigenvalue weighted by molar-refractivity contribution is 7.51. The molecular weight excluding hydrogens is 402 g/mol. The lowest BCUT2D eigenvalue weighted by Gasteiger charge is -2.40. The Bertz CT molecular complexity index is 1100. The predicted molar refractivity (Wildman–Crippen MR) is 117 cm³/mol. The molecule has 156 valence electrons. The Kier molecular flexibility index (Phi) is 4.95. The van der Waals surface area contributed by atoms with Gasteiger partial charge in [0.05, 0.1) is 11.5 Å². The second kappa shape index (κ2) is 7.64. The number of nitrogens with zero attached hydrogens (tertiary/aromatic N) is 4. The summed E-state index contributed by atoms with van der Waals surface area (Å²) >= 11 is 0. The second-order valence-corrected chi connectivity index (χ2v) is 9.18. The molecular formula is C22H24FN4O2P. The molecule has 1 aromatic heterocycles. The first-order chi connectivity index (χ1) is 14.5. The molecule has 1 aromatic carbocycles. The van der Waals surface area contributed by atoms with Gasteiger partial charge in [0, 0.05) is 45.4 Å². The molecule has 0 aliphatic carbocycles. The summed E-state index contributed by atoms with van der Waals surface area (Å²) in [7, 11) is 0.334. The first-order valence-corrected chi connectivity index (χ1v) is 11.3. The smallest absolute Gasteiger partial charge is 0.252 e. The summed E-state index contributed by atoms with van der Waals surface area (Å²) in [6.45, 7) is 8.97. The third kappa shape index (κ3) is 3.46. The van der Waals surface area contributed by atoms with Crippen LogP contribution < -0.4 is 0 Å². The molecule has 0 saturated carbocycles. The molecule has 2 aromatic rings. The topological polar surface area (TPSA) is 52.8 Å². The van der Waals surface area contributed by atoms with Gasteiger partial charge in [0.15, 0.2) is 17.3 Å². The normalized spacial score (nSPS) is 23.2. The van der Waals surface area contributed by atoms with E-state index in [4.69, 9.17) is 4.42 Å². The first-order valence-electron chi connectivity index (χ1n) is 10.3. The molecule has 3 aliphatic rings. The number of oxazole rings is 1. The number of benzene rings is 1. The van der Waals surface area contributed by atoms with Crippen molar-refractivity contribution in [3.63, 3.8) is 0 Å². The lowest BCUT2D eigenvalue weighted by atomic mass is 10.1. The van der Waals surface area contributed by atoms with Gasteiger partial charge in [-0.15, -0.1) is 0 Å². The quantitative estimate of drug-likeness (QED) is 0.704. The number of carbonyl (C=O) groups is 1. The Morgan fingerprint density at radius 1 is 1.27 bits per heavy atom. The number of fused-ring (bicyclic) bond motifs is 2. The first kappa shape index (κ1) is 19.5. The molecule has 30 heavy (non-hydrogen) atoms. The molecule has 4 heterocycles. The van der Waals surface area contributed by atoms with Crippen LogP contribution in [0.3, 0.4) is 0 Å². The molecule has 6 nitrogen and oxygen atoms in total. The number of aryl methyl sites for hydroxylation is 1. The van der Waals surface area contributed by atoms with Crippen molar-refractivity contribution in [1.29, 1.82) is 0 Å². The van der Waals surface area contributed by atoms with Gasteiger partial charge in [0.1, 0.15) is 5.52 Å². The van der Waals surface area contributed by atoms with E-state index in [9.17, 15) is 9.18 Å². The zero-order valence-electron chi connectivity index (χ0n) is 17.1. The van der Waals surface area contributed by atoms with Crippen LogP contribution in [0.15, 0.2) is 46.7 Å². The minimum absolute atomic E-state index is 0.0339. The average molecular weight is 426 g/mol. The molecule has 0 bridgehead atoms. The van der Waals surface area contributed by atoms with Crippen molar-refractivity contribution in [1.82, 2.24) is 19.7 Å². The Labute approximate surface area is 176 Å². The van der Waals surface area contributed by atoms with E-state index in [0.717, 1.165) is 43.7 Å². The van der Waals surface area contributed by atoms with Gasteiger partial charge in [-0.1, -0.05) is 21.6 Å². The molecule has 3 aliphatic heterocycles. The van der Waals surface area contributed by atoms with E-state index in [1.54, 1.807) is 24.0 Å². The molecule has 2 unspecified atom stereocenters. The fourth-order valence-electron chi connectivity index (χ4n) is 4.20. The fraction of sp³-hybridized carbons (Fsp3) is 0.364. The minimum Gasteiger partial charge on any atom is -0.441 e. The van der Waals surface area contributed by atoms with Crippen molar-refractivity contribution >= 4 is 30.9 Å². The van der Waals surface area contributed by atoms with E-state index in [-0.39, 0.29) is 17.2 Å². The van der Waals surface area contributed by atoms with Crippen LogP contribution in [0.4, 0.5) is 4.39 Å². The Balaban J connectivity index is 1.39. The number of likely N-dealkylation sites (N-methyl/N-ethyl adjacent to an activating group) is 1. The van der Waals surface area contributed by atoms with Crippen LogP contribution in [0, 0.1) is 12.7 Å². The number of rotatable bonds is 3. The molecule has 1 amide bonds. The van der Waals surface area contributed by atoms with Gasteiger partial charge in [-0.25, -0.2) is 9.37 Å². The summed E-state index contributed by atoms with van der Waals surface area (Å²) in [5.41, 5.74) is 2.41. The number of hydrogen-bond acceptors (Lipinski definition) is 5. The summed E-state index contributed by atoms with van der Waals surface area (Å²) in [6.07, 6.45) is 7.81. The maximum atomic E-state index is 14.5. The van der Waals surface area contributed by atoms with E-state index >= 15 is 0 Å². The largest absolute Gasteiger partial charge is 0.441 e. The van der Waals surface area contributed by atoms with Gasteiger partial charge in [0.2, 0.25) is 0 Å². The van der Waals surface area contributed by atoms with E-state index in [0.29, 0.717) is 25.6 Å².